The first-order chi connectivity index (χ1) is 9.91. The number of furan rings is 1. The highest BCUT2D eigenvalue weighted by atomic mass is 16.4. The Morgan fingerprint density at radius 1 is 1.48 bits per heavy atom. The molecule has 0 saturated heterocycles. The van der Waals surface area contributed by atoms with E-state index in [0.29, 0.717) is 24.5 Å². The highest BCUT2D eigenvalue weighted by Gasteiger charge is 2.43. The van der Waals surface area contributed by atoms with Crippen LogP contribution in [0.2, 0.25) is 0 Å². The van der Waals surface area contributed by atoms with E-state index in [1.807, 2.05) is 19.9 Å². The summed E-state index contributed by atoms with van der Waals surface area (Å²) in [5.41, 5.74) is -1.15. The van der Waals surface area contributed by atoms with Gasteiger partial charge in [-0.15, -0.1) is 0 Å². The third kappa shape index (κ3) is 3.77. The van der Waals surface area contributed by atoms with Gasteiger partial charge in [-0.1, -0.05) is 19.8 Å². The first kappa shape index (κ1) is 15.4. The topological polar surface area (TPSA) is 91.6 Å². The normalized spacial score (nSPS) is 25.3. The summed E-state index contributed by atoms with van der Waals surface area (Å²) < 4.78 is 5.35. The third-order valence-electron chi connectivity index (χ3n) is 3.98. The van der Waals surface area contributed by atoms with Gasteiger partial charge in [0.15, 0.2) is 0 Å². The number of urea groups is 1. The van der Waals surface area contributed by atoms with Crippen LogP contribution in [-0.4, -0.2) is 22.6 Å². The molecule has 1 aromatic rings. The van der Waals surface area contributed by atoms with Crippen molar-refractivity contribution < 1.29 is 19.1 Å². The van der Waals surface area contributed by atoms with Crippen LogP contribution in [0, 0.1) is 12.8 Å². The summed E-state index contributed by atoms with van der Waals surface area (Å²) in [7, 11) is 0. The predicted octanol–water partition coefficient (Wildman–Crippen LogP) is 2.42. The zero-order valence-electron chi connectivity index (χ0n) is 12.4. The summed E-state index contributed by atoms with van der Waals surface area (Å²) in [5, 5.41) is 14.8. The van der Waals surface area contributed by atoms with Gasteiger partial charge in [0.05, 0.1) is 6.54 Å². The Morgan fingerprint density at radius 2 is 2.24 bits per heavy atom. The maximum absolute atomic E-state index is 12.0. The molecule has 3 N–H and O–H groups in total. The van der Waals surface area contributed by atoms with Crippen molar-refractivity contribution in [2.75, 3.05) is 0 Å². The van der Waals surface area contributed by atoms with Gasteiger partial charge in [0.25, 0.3) is 0 Å². The first-order valence-corrected chi connectivity index (χ1v) is 7.26. The zero-order valence-corrected chi connectivity index (χ0v) is 12.4. The van der Waals surface area contributed by atoms with Crippen molar-refractivity contribution in [1.82, 2.24) is 10.6 Å². The van der Waals surface area contributed by atoms with Crippen LogP contribution in [0.1, 0.15) is 44.1 Å². The summed E-state index contributed by atoms with van der Waals surface area (Å²) in [6, 6.07) is 3.13. The first-order valence-electron chi connectivity index (χ1n) is 7.26. The van der Waals surface area contributed by atoms with Crippen LogP contribution in [0.4, 0.5) is 4.79 Å². The zero-order chi connectivity index (χ0) is 15.5. The molecule has 0 bridgehead atoms. The Hall–Kier alpha value is -1.98. The number of aryl methyl sites for hydroxylation is 1. The number of hydrogen-bond acceptors (Lipinski definition) is 3. The molecule has 21 heavy (non-hydrogen) atoms. The summed E-state index contributed by atoms with van der Waals surface area (Å²) in [5.74, 6) is 0.750. The lowest BCUT2D eigenvalue weighted by Gasteiger charge is -2.36. The molecule has 2 amide bonds. The van der Waals surface area contributed by atoms with Crippen molar-refractivity contribution >= 4 is 12.0 Å². The molecule has 1 aliphatic rings. The van der Waals surface area contributed by atoms with Gasteiger partial charge in [-0.2, -0.15) is 0 Å². The number of rotatable bonds is 4. The molecule has 1 saturated carbocycles. The minimum atomic E-state index is -1.15. The molecule has 6 nitrogen and oxygen atoms in total. The Bertz CT molecular complexity index is 525. The maximum atomic E-state index is 12.0. The van der Waals surface area contributed by atoms with E-state index in [9.17, 15) is 14.7 Å². The average molecular weight is 294 g/mol. The van der Waals surface area contributed by atoms with Crippen molar-refractivity contribution in [2.24, 2.45) is 5.92 Å². The van der Waals surface area contributed by atoms with E-state index in [0.717, 1.165) is 18.6 Å². The van der Waals surface area contributed by atoms with Crippen molar-refractivity contribution in [1.29, 1.82) is 0 Å². The summed E-state index contributed by atoms with van der Waals surface area (Å²) in [4.78, 5) is 23.6. The number of hydrogen-bond donors (Lipinski definition) is 3. The second-order valence-electron chi connectivity index (χ2n) is 5.91. The van der Waals surface area contributed by atoms with Crippen LogP contribution in [0.5, 0.6) is 0 Å². The Labute approximate surface area is 123 Å². The van der Waals surface area contributed by atoms with Gasteiger partial charge in [-0.3, -0.25) is 0 Å². The fraction of sp³-hybridized carbons (Fsp3) is 0.600. The molecule has 1 aromatic heterocycles. The van der Waals surface area contributed by atoms with Gasteiger partial charge in [-0.25, -0.2) is 9.59 Å². The van der Waals surface area contributed by atoms with Crippen LogP contribution >= 0.6 is 0 Å². The van der Waals surface area contributed by atoms with Crippen LogP contribution < -0.4 is 10.6 Å². The fourth-order valence-corrected chi connectivity index (χ4v) is 2.92. The van der Waals surface area contributed by atoms with E-state index in [4.69, 9.17) is 4.42 Å². The maximum Gasteiger partial charge on any atom is 0.329 e. The fourth-order valence-electron chi connectivity index (χ4n) is 2.92. The predicted molar refractivity (Wildman–Crippen MR) is 76.8 cm³/mol. The number of nitrogens with one attached hydrogen (secondary N) is 2. The van der Waals surface area contributed by atoms with E-state index in [-0.39, 0.29) is 6.54 Å². The highest BCUT2D eigenvalue weighted by Crippen LogP contribution is 2.32. The summed E-state index contributed by atoms with van der Waals surface area (Å²) in [6.07, 6.45) is 2.75. The molecule has 2 atom stereocenters. The van der Waals surface area contributed by atoms with E-state index in [1.165, 1.54) is 0 Å². The van der Waals surface area contributed by atoms with Crippen molar-refractivity contribution in [3.8, 4) is 0 Å². The minimum absolute atomic E-state index is 0.241. The van der Waals surface area contributed by atoms with Crippen molar-refractivity contribution in [3.05, 3.63) is 23.7 Å². The second-order valence-corrected chi connectivity index (χ2v) is 5.91. The van der Waals surface area contributed by atoms with E-state index in [1.54, 1.807) is 6.07 Å². The number of carboxylic acid groups (broad SMARTS) is 1. The van der Waals surface area contributed by atoms with Gasteiger partial charge in [-0.05, 0) is 37.8 Å². The number of amides is 2. The lowest BCUT2D eigenvalue weighted by atomic mass is 9.76. The Balaban J connectivity index is 1.94. The molecule has 1 heterocycles. The number of carbonyl (C=O) groups is 2. The SMILES string of the molecule is Cc1ccc(CNC(=O)NC2(C(=O)O)CCCC(C)C2)o1. The van der Waals surface area contributed by atoms with Crippen LogP contribution in [0.3, 0.4) is 0 Å². The van der Waals surface area contributed by atoms with Crippen molar-refractivity contribution in [2.45, 2.75) is 51.6 Å². The molecule has 0 spiro atoms. The minimum Gasteiger partial charge on any atom is -0.480 e. The molecule has 1 fully saturated rings. The number of carbonyl (C=O) groups excluding carboxylic acids is 1. The van der Waals surface area contributed by atoms with E-state index >= 15 is 0 Å². The van der Waals surface area contributed by atoms with Gasteiger partial charge in [0, 0.05) is 0 Å². The quantitative estimate of drug-likeness (QED) is 0.795. The van der Waals surface area contributed by atoms with E-state index < -0.39 is 17.5 Å². The molecular formula is C15H22N2O4. The van der Waals surface area contributed by atoms with Crippen LogP contribution in [0.15, 0.2) is 16.5 Å². The van der Waals surface area contributed by atoms with Crippen molar-refractivity contribution in [3.63, 3.8) is 0 Å². The molecule has 116 valence electrons. The monoisotopic (exact) mass is 294 g/mol. The molecular weight excluding hydrogens is 272 g/mol. The molecule has 0 aromatic carbocycles. The molecule has 2 unspecified atom stereocenters. The highest BCUT2D eigenvalue weighted by molar-refractivity contribution is 5.86. The third-order valence-corrected chi connectivity index (χ3v) is 3.98. The molecule has 1 aliphatic carbocycles. The van der Waals surface area contributed by atoms with Gasteiger partial charge >= 0.3 is 12.0 Å². The Kier molecular flexibility index (Phi) is 4.55. The van der Waals surface area contributed by atoms with Crippen LogP contribution in [0.25, 0.3) is 0 Å². The van der Waals surface area contributed by atoms with Gasteiger partial charge in [0.2, 0.25) is 0 Å². The average Bonchev–Trinajstić information content (AvgIpc) is 2.82. The number of carboxylic acids is 1. The summed E-state index contributed by atoms with van der Waals surface area (Å²) >= 11 is 0. The molecule has 2 rings (SSSR count). The van der Waals surface area contributed by atoms with Gasteiger partial charge in [0.1, 0.15) is 17.1 Å². The molecule has 6 heteroatoms. The molecule has 0 aliphatic heterocycles. The summed E-state index contributed by atoms with van der Waals surface area (Å²) in [6.45, 7) is 4.08. The lowest BCUT2D eigenvalue weighted by molar-refractivity contribution is -0.146. The van der Waals surface area contributed by atoms with Gasteiger partial charge < -0.3 is 20.2 Å². The largest absolute Gasteiger partial charge is 0.480 e. The number of aliphatic carboxylic acids is 1. The lowest BCUT2D eigenvalue weighted by Crippen LogP contribution is -2.58. The second kappa shape index (κ2) is 6.20. The smallest absolute Gasteiger partial charge is 0.329 e. The van der Waals surface area contributed by atoms with Crippen LogP contribution in [-0.2, 0) is 11.3 Å². The van der Waals surface area contributed by atoms with E-state index in [2.05, 4.69) is 10.6 Å². The Morgan fingerprint density at radius 3 is 2.81 bits per heavy atom. The molecule has 0 radical (unpaired) electrons. The standard InChI is InChI=1S/C15H22N2O4/c1-10-4-3-7-15(8-10,13(18)19)17-14(20)16-9-12-6-5-11(2)21-12/h5-6,10H,3-4,7-9H2,1-2H3,(H,18,19)(H2,16,17,20).